The third kappa shape index (κ3) is 57.8. The van der Waals surface area contributed by atoms with Gasteiger partial charge in [0.25, 0.3) is 0 Å². The van der Waals surface area contributed by atoms with E-state index in [-0.39, 0.29) is 25.7 Å². The zero-order chi connectivity index (χ0) is 62.2. The molecular weight excluding hydrogens is 1110 g/mol. The van der Waals surface area contributed by atoms with Crippen LogP contribution in [0.3, 0.4) is 0 Å². The summed E-state index contributed by atoms with van der Waals surface area (Å²) >= 11 is 0. The van der Waals surface area contributed by atoms with Crippen molar-refractivity contribution in [3.05, 3.63) is 0 Å². The molecule has 0 aromatic heterocycles. The highest BCUT2D eigenvalue weighted by molar-refractivity contribution is 7.47. The van der Waals surface area contributed by atoms with E-state index in [1.54, 1.807) is 0 Å². The Morgan fingerprint density at radius 2 is 0.607 bits per heavy atom. The molecule has 19 heteroatoms. The summed E-state index contributed by atoms with van der Waals surface area (Å²) in [6.45, 7) is 9.46. The number of hydrogen-bond acceptors (Lipinski definition) is 15. The fourth-order valence-corrected chi connectivity index (χ4v) is 11.3. The molecule has 0 aliphatic heterocycles. The molecule has 0 bridgehead atoms. The van der Waals surface area contributed by atoms with Gasteiger partial charge in [0.15, 0.2) is 12.2 Å². The van der Waals surface area contributed by atoms with Gasteiger partial charge in [0.05, 0.1) is 26.4 Å². The number of carbonyl (C=O) groups is 4. The number of hydrogen-bond donors (Lipinski definition) is 3. The molecule has 3 N–H and O–H groups in total. The molecule has 3 unspecified atom stereocenters. The molecule has 0 aromatic rings. The lowest BCUT2D eigenvalue weighted by atomic mass is 9.99. The Hall–Kier alpha value is -1.94. The molecule has 0 saturated heterocycles. The van der Waals surface area contributed by atoms with Crippen LogP contribution in [-0.2, 0) is 65.4 Å². The van der Waals surface area contributed by atoms with Crippen molar-refractivity contribution in [1.82, 2.24) is 0 Å². The zero-order valence-electron chi connectivity index (χ0n) is 54.2. The SMILES string of the molecule is CCCCCCCCCCCCCCC(=O)O[C@H](COC(=O)CCCCCCCCCC)COP(=O)(O)OC[C@H](O)COP(=O)(O)OC[C@@H](COC(=O)CCCCCCCCCCC(C)CC)OC(=O)CCCCCCCCCCCC(C)C. The second kappa shape index (κ2) is 57.5. The smallest absolute Gasteiger partial charge is 0.462 e. The molecule has 0 aliphatic rings. The maximum Gasteiger partial charge on any atom is 0.472 e. The first-order valence-corrected chi connectivity index (χ1v) is 37.0. The average molecular weight is 1240 g/mol. The van der Waals surface area contributed by atoms with Gasteiger partial charge >= 0.3 is 39.5 Å². The van der Waals surface area contributed by atoms with Gasteiger partial charge in [-0.3, -0.25) is 37.3 Å². The minimum atomic E-state index is -4.95. The van der Waals surface area contributed by atoms with Crippen LogP contribution >= 0.6 is 15.6 Å². The number of aliphatic hydroxyl groups excluding tert-OH is 1. The minimum absolute atomic E-state index is 0.105. The summed E-state index contributed by atoms with van der Waals surface area (Å²) in [5.41, 5.74) is 0. The van der Waals surface area contributed by atoms with Crippen molar-refractivity contribution in [2.75, 3.05) is 39.6 Å². The highest BCUT2D eigenvalue weighted by atomic mass is 31.2. The largest absolute Gasteiger partial charge is 0.472 e. The summed E-state index contributed by atoms with van der Waals surface area (Å²) in [6, 6.07) is 0. The Morgan fingerprint density at radius 3 is 0.905 bits per heavy atom. The van der Waals surface area contributed by atoms with Gasteiger partial charge in [0, 0.05) is 25.7 Å². The third-order valence-electron chi connectivity index (χ3n) is 15.3. The van der Waals surface area contributed by atoms with Crippen molar-refractivity contribution in [3.8, 4) is 0 Å². The number of carbonyl (C=O) groups excluding carboxylic acids is 4. The lowest BCUT2D eigenvalue weighted by Crippen LogP contribution is -2.30. The summed E-state index contributed by atoms with van der Waals surface area (Å²) in [6.07, 6.45) is 40.2. The van der Waals surface area contributed by atoms with Gasteiger partial charge in [-0.05, 0) is 37.5 Å². The Balaban J connectivity index is 5.24. The summed E-state index contributed by atoms with van der Waals surface area (Å²) in [7, 11) is -9.89. The van der Waals surface area contributed by atoms with Crippen LogP contribution in [-0.4, -0.2) is 96.7 Å². The maximum absolute atomic E-state index is 13.0. The first-order chi connectivity index (χ1) is 40.4. The Labute approximate surface area is 511 Å². The third-order valence-corrected chi connectivity index (χ3v) is 17.2. The first-order valence-electron chi connectivity index (χ1n) is 34.0. The predicted molar refractivity (Wildman–Crippen MR) is 335 cm³/mol. The number of esters is 4. The Kier molecular flexibility index (Phi) is 56.2. The van der Waals surface area contributed by atoms with Crippen molar-refractivity contribution in [1.29, 1.82) is 0 Å². The van der Waals surface area contributed by atoms with E-state index in [0.717, 1.165) is 108 Å². The van der Waals surface area contributed by atoms with Crippen LogP contribution in [0, 0.1) is 11.8 Å². The van der Waals surface area contributed by atoms with Gasteiger partial charge in [0.2, 0.25) is 0 Å². The molecule has 0 amide bonds. The molecule has 84 heavy (non-hydrogen) atoms. The van der Waals surface area contributed by atoms with E-state index >= 15 is 0 Å². The molecule has 0 radical (unpaired) electrons. The first kappa shape index (κ1) is 82.1. The second-order valence-electron chi connectivity index (χ2n) is 24.2. The van der Waals surface area contributed by atoms with Gasteiger partial charge in [-0.2, -0.15) is 0 Å². The van der Waals surface area contributed by atoms with E-state index in [0.29, 0.717) is 25.7 Å². The molecule has 0 rings (SSSR count). The summed E-state index contributed by atoms with van der Waals surface area (Å²) < 4.78 is 68.0. The standard InChI is InChI=1S/C65H126O17P2/c1-7-10-12-14-16-18-19-20-23-31-37-43-49-64(69)81-60(53-75-62(67)47-41-35-29-17-15-13-11-8-2)55-79-83(71,72)77-51-59(66)52-78-84(73,74)80-56-61(82-65(70)50-44-38-32-24-21-22-27-33-39-45-57(4)5)54-76-63(68)48-42-36-30-26-25-28-34-40-46-58(6)9-3/h57-61,66H,7-56H2,1-6H3,(H,71,72)(H,73,74)/t58?,59-,60+,61+/m0/s1. The topological polar surface area (TPSA) is 237 Å². The number of unbranched alkanes of at least 4 members (excludes halogenated alkanes) is 33. The van der Waals surface area contributed by atoms with Crippen LogP contribution in [0.15, 0.2) is 0 Å². The highest BCUT2D eigenvalue weighted by Crippen LogP contribution is 2.45. The molecule has 0 heterocycles. The fourth-order valence-electron chi connectivity index (χ4n) is 9.68. The van der Waals surface area contributed by atoms with Gasteiger partial charge in [-0.25, -0.2) is 9.13 Å². The van der Waals surface area contributed by atoms with Crippen molar-refractivity contribution in [3.63, 3.8) is 0 Å². The number of ether oxygens (including phenoxy) is 4. The van der Waals surface area contributed by atoms with Crippen molar-refractivity contribution < 1.29 is 80.2 Å². The van der Waals surface area contributed by atoms with E-state index in [1.807, 2.05) is 0 Å². The molecule has 0 aliphatic carbocycles. The van der Waals surface area contributed by atoms with Crippen LogP contribution in [0.1, 0.15) is 324 Å². The van der Waals surface area contributed by atoms with E-state index in [1.165, 1.54) is 135 Å². The number of rotatable bonds is 64. The summed E-state index contributed by atoms with van der Waals surface area (Å²) in [5.74, 6) is -0.620. The molecule has 0 spiro atoms. The van der Waals surface area contributed by atoms with E-state index in [2.05, 4.69) is 41.5 Å². The molecule has 0 aromatic carbocycles. The zero-order valence-corrected chi connectivity index (χ0v) is 56.0. The van der Waals surface area contributed by atoms with Gasteiger partial charge < -0.3 is 33.8 Å². The maximum atomic E-state index is 13.0. The molecule has 0 saturated carbocycles. The average Bonchev–Trinajstić information content (AvgIpc) is 3.65. The normalized spacial score (nSPS) is 14.6. The van der Waals surface area contributed by atoms with Crippen LogP contribution in [0.2, 0.25) is 0 Å². The fraction of sp³-hybridized carbons (Fsp3) is 0.938. The molecule has 498 valence electrons. The van der Waals surface area contributed by atoms with Crippen molar-refractivity contribution >= 4 is 39.5 Å². The lowest BCUT2D eigenvalue weighted by molar-refractivity contribution is -0.161. The number of phosphoric ester groups is 2. The van der Waals surface area contributed by atoms with E-state index < -0.39 is 97.5 Å². The molecule has 0 fully saturated rings. The monoisotopic (exact) mass is 1240 g/mol. The quantitative estimate of drug-likeness (QED) is 0.0222. The molecular formula is C65H126O17P2. The highest BCUT2D eigenvalue weighted by Gasteiger charge is 2.30. The Bertz CT molecular complexity index is 1650. The van der Waals surface area contributed by atoms with Crippen molar-refractivity contribution in [2.45, 2.75) is 342 Å². The summed E-state index contributed by atoms with van der Waals surface area (Å²) in [5, 5.41) is 10.5. The van der Waals surface area contributed by atoms with E-state index in [4.69, 9.17) is 37.0 Å². The molecule has 17 nitrogen and oxygen atoms in total. The second-order valence-corrected chi connectivity index (χ2v) is 27.1. The summed E-state index contributed by atoms with van der Waals surface area (Å²) in [4.78, 5) is 72.2. The predicted octanol–water partition coefficient (Wildman–Crippen LogP) is 18.0. The van der Waals surface area contributed by atoms with Crippen LogP contribution in [0.25, 0.3) is 0 Å². The van der Waals surface area contributed by atoms with Crippen molar-refractivity contribution in [2.24, 2.45) is 11.8 Å². The van der Waals surface area contributed by atoms with Crippen LogP contribution < -0.4 is 0 Å². The van der Waals surface area contributed by atoms with Crippen LogP contribution in [0.4, 0.5) is 0 Å². The number of phosphoric acid groups is 2. The molecule has 6 atom stereocenters. The van der Waals surface area contributed by atoms with E-state index in [9.17, 15) is 43.2 Å². The Morgan fingerprint density at radius 1 is 0.345 bits per heavy atom. The van der Waals surface area contributed by atoms with Crippen LogP contribution in [0.5, 0.6) is 0 Å². The minimum Gasteiger partial charge on any atom is -0.462 e. The number of aliphatic hydroxyl groups is 1. The van der Waals surface area contributed by atoms with Gasteiger partial charge in [-0.1, -0.05) is 273 Å². The van der Waals surface area contributed by atoms with Gasteiger partial charge in [-0.15, -0.1) is 0 Å². The van der Waals surface area contributed by atoms with Gasteiger partial charge in [0.1, 0.15) is 19.3 Å². The lowest BCUT2D eigenvalue weighted by Gasteiger charge is -2.21.